The van der Waals surface area contributed by atoms with Gasteiger partial charge in [0, 0.05) is 23.7 Å². The SMILES string of the molecule is CCN(CC)S(=O)(=O)c1cc(C(=O)OCC(=O)c2cccc(Cl)c2)ccc1F. The van der Waals surface area contributed by atoms with E-state index in [1.54, 1.807) is 26.0 Å². The molecule has 0 aromatic heterocycles. The standard InChI is InChI=1S/C19H19ClFNO5S/c1-3-22(4-2)28(25,26)18-11-14(8-9-16(18)21)19(24)27-12-17(23)13-6-5-7-15(20)10-13/h5-11H,3-4,12H2,1-2H3. The maximum atomic E-state index is 14.1. The summed E-state index contributed by atoms with van der Waals surface area (Å²) in [6.07, 6.45) is 0. The molecule has 28 heavy (non-hydrogen) atoms. The van der Waals surface area contributed by atoms with Crippen LogP contribution in [0.3, 0.4) is 0 Å². The average Bonchev–Trinajstić information content (AvgIpc) is 2.66. The summed E-state index contributed by atoms with van der Waals surface area (Å²) in [5.74, 6) is -2.39. The van der Waals surface area contributed by atoms with Gasteiger partial charge in [0.05, 0.1) is 5.56 Å². The number of esters is 1. The van der Waals surface area contributed by atoms with E-state index in [0.29, 0.717) is 5.02 Å². The predicted molar refractivity (Wildman–Crippen MR) is 103 cm³/mol. The molecule has 0 saturated carbocycles. The van der Waals surface area contributed by atoms with Gasteiger partial charge in [-0.3, -0.25) is 4.79 Å². The molecular formula is C19H19ClFNO5S. The van der Waals surface area contributed by atoms with Crippen LogP contribution in [0.1, 0.15) is 34.6 Å². The van der Waals surface area contributed by atoms with Crippen LogP contribution in [0, 0.1) is 5.82 Å². The number of carbonyl (C=O) groups is 2. The number of ketones is 1. The third kappa shape index (κ3) is 4.95. The van der Waals surface area contributed by atoms with E-state index < -0.39 is 39.1 Å². The lowest BCUT2D eigenvalue weighted by Gasteiger charge is -2.19. The highest BCUT2D eigenvalue weighted by Gasteiger charge is 2.26. The molecule has 9 heteroatoms. The summed E-state index contributed by atoms with van der Waals surface area (Å²) < 4.78 is 45.2. The molecule has 0 saturated heterocycles. The minimum Gasteiger partial charge on any atom is -0.454 e. The first-order chi connectivity index (χ1) is 13.2. The zero-order chi connectivity index (χ0) is 20.9. The summed E-state index contributed by atoms with van der Waals surface area (Å²) in [7, 11) is -4.10. The number of hydrogen-bond acceptors (Lipinski definition) is 5. The molecule has 2 aromatic rings. The first-order valence-corrected chi connectivity index (χ1v) is 10.3. The molecule has 6 nitrogen and oxygen atoms in total. The van der Waals surface area contributed by atoms with E-state index in [9.17, 15) is 22.4 Å². The van der Waals surface area contributed by atoms with Gasteiger partial charge >= 0.3 is 5.97 Å². The highest BCUT2D eigenvalue weighted by Crippen LogP contribution is 2.21. The molecule has 0 aliphatic carbocycles. The van der Waals surface area contributed by atoms with Crippen molar-refractivity contribution >= 4 is 33.4 Å². The quantitative estimate of drug-likeness (QED) is 0.475. The van der Waals surface area contributed by atoms with Crippen LogP contribution >= 0.6 is 11.6 Å². The highest BCUT2D eigenvalue weighted by atomic mass is 35.5. The third-order valence-corrected chi connectivity index (χ3v) is 6.27. The Labute approximate surface area is 167 Å². The summed E-state index contributed by atoms with van der Waals surface area (Å²) >= 11 is 5.82. The second kappa shape index (κ2) is 9.27. The summed E-state index contributed by atoms with van der Waals surface area (Å²) in [5, 5.41) is 0.363. The molecule has 0 fully saturated rings. The molecule has 0 heterocycles. The molecule has 0 unspecified atom stereocenters. The summed E-state index contributed by atoms with van der Waals surface area (Å²) in [6, 6.07) is 9.03. The first-order valence-electron chi connectivity index (χ1n) is 8.46. The van der Waals surface area contributed by atoms with Crippen molar-refractivity contribution in [3.63, 3.8) is 0 Å². The van der Waals surface area contributed by atoms with Crippen molar-refractivity contribution < 1.29 is 27.1 Å². The molecule has 0 aliphatic heterocycles. The Morgan fingerprint density at radius 1 is 1.07 bits per heavy atom. The van der Waals surface area contributed by atoms with Gasteiger partial charge in [-0.2, -0.15) is 4.31 Å². The first kappa shape index (κ1) is 22.0. The van der Waals surface area contributed by atoms with Crippen molar-refractivity contribution in [2.45, 2.75) is 18.7 Å². The van der Waals surface area contributed by atoms with Crippen molar-refractivity contribution in [3.05, 3.63) is 64.4 Å². The third-order valence-electron chi connectivity index (χ3n) is 3.97. The largest absolute Gasteiger partial charge is 0.454 e. The Morgan fingerprint density at radius 3 is 2.36 bits per heavy atom. The number of halogens is 2. The van der Waals surface area contributed by atoms with Crippen LogP contribution in [0.2, 0.25) is 5.02 Å². The Bertz CT molecular complexity index is 990. The summed E-state index contributed by atoms with van der Waals surface area (Å²) in [4.78, 5) is 23.7. The summed E-state index contributed by atoms with van der Waals surface area (Å²) in [6.45, 7) is 2.99. The van der Waals surface area contributed by atoms with Crippen LogP contribution in [0.5, 0.6) is 0 Å². The number of rotatable bonds is 8. The molecule has 0 atom stereocenters. The van der Waals surface area contributed by atoms with E-state index in [4.69, 9.17) is 16.3 Å². The second-order valence-electron chi connectivity index (χ2n) is 5.74. The van der Waals surface area contributed by atoms with Crippen molar-refractivity contribution in [2.24, 2.45) is 0 Å². The molecular weight excluding hydrogens is 409 g/mol. The van der Waals surface area contributed by atoms with E-state index >= 15 is 0 Å². The van der Waals surface area contributed by atoms with Crippen LogP contribution in [0.4, 0.5) is 4.39 Å². The van der Waals surface area contributed by atoms with Gasteiger partial charge in [-0.05, 0) is 30.3 Å². The van der Waals surface area contributed by atoms with E-state index in [1.165, 1.54) is 12.1 Å². The number of carbonyl (C=O) groups excluding carboxylic acids is 2. The van der Waals surface area contributed by atoms with E-state index in [2.05, 4.69) is 0 Å². The van der Waals surface area contributed by atoms with Gasteiger partial charge < -0.3 is 4.74 Å². The average molecular weight is 428 g/mol. The lowest BCUT2D eigenvalue weighted by Crippen LogP contribution is -2.31. The maximum absolute atomic E-state index is 14.1. The predicted octanol–water partition coefficient (Wildman–Crippen LogP) is 3.55. The van der Waals surface area contributed by atoms with Gasteiger partial charge in [-0.1, -0.05) is 37.6 Å². The monoisotopic (exact) mass is 427 g/mol. The smallest absolute Gasteiger partial charge is 0.338 e. The normalized spacial score (nSPS) is 11.5. The van der Waals surface area contributed by atoms with Crippen molar-refractivity contribution in [3.8, 4) is 0 Å². The van der Waals surface area contributed by atoms with E-state index in [-0.39, 0.29) is 24.2 Å². The van der Waals surface area contributed by atoms with Gasteiger partial charge in [0.1, 0.15) is 10.7 Å². The number of nitrogens with zero attached hydrogens (tertiary/aromatic N) is 1. The number of hydrogen-bond donors (Lipinski definition) is 0. The Hall–Kier alpha value is -2.29. The Balaban J connectivity index is 2.19. The second-order valence-corrected chi connectivity index (χ2v) is 8.09. The number of benzene rings is 2. The lowest BCUT2D eigenvalue weighted by atomic mass is 10.1. The van der Waals surface area contributed by atoms with Crippen LogP contribution in [-0.4, -0.2) is 44.2 Å². The Kier molecular flexibility index (Phi) is 7.29. The summed E-state index contributed by atoms with van der Waals surface area (Å²) in [5.41, 5.74) is 0.0928. The van der Waals surface area contributed by atoms with Gasteiger partial charge in [0.25, 0.3) is 0 Å². The molecule has 0 radical (unpaired) electrons. The van der Waals surface area contributed by atoms with Gasteiger partial charge in [0.2, 0.25) is 10.0 Å². The van der Waals surface area contributed by atoms with Gasteiger partial charge in [0.15, 0.2) is 12.4 Å². The number of ether oxygens (including phenoxy) is 1. The minimum absolute atomic E-state index is 0.154. The molecule has 0 N–H and O–H groups in total. The number of Topliss-reactive ketones (excluding diaryl/α,β-unsaturated/α-hetero) is 1. The zero-order valence-corrected chi connectivity index (χ0v) is 16.9. The fourth-order valence-electron chi connectivity index (χ4n) is 2.49. The molecule has 0 bridgehead atoms. The molecule has 2 rings (SSSR count). The van der Waals surface area contributed by atoms with Crippen molar-refractivity contribution in [2.75, 3.05) is 19.7 Å². The Morgan fingerprint density at radius 2 is 1.75 bits per heavy atom. The topological polar surface area (TPSA) is 80.8 Å². The van der Waals surface area contributed by atoms with Crippen LogP contribution < -0.4 is 0 Å². The highest BCUT2D eigenvalue weighted by molar-refractivity contribution is 7.89. The van der Waals surface area contributed by atoms with E-state index in [0.717, 1.165) is 22.5 Å². The lowest BCUT2D eigenvalue weighted by molar-refractivity contribution is 0.0474. The zero-order valence-electron chi connectivity index (χ0n) is 15.3. The van der Waals surface area contributed by atoms with Crippen LogP contribution in [-0.2, 0) is 14.8 Å². The van der Waals surface area contributed by atoms with Gasteiger partial charge in [-0.25, -0.2) is 17.6 Å². The maximum Gasteiger partial charge on any atom is 0.338 e. The number of sulfonamides is 1. The molecule has 150 valence electrons. The minimum atomic E-state index is -4.10. The molecule has 0 amide bonds. The van der Waals surface area contributed by atoms with Crippen molar-refractivity contribution in [1.82, 2.24) is 4.31 Å². The van der Waals surface area contributed by atoms with Crippen molar-refractivity contribution in [1.29, 1.82) is 0 Å². The van der Waals surface area contributed by atoms with Gasteiger partial charge in [-0.15, -0.1) is 0 Å². The fraction of sp³-hybridized carbons (Fsp3) is 0.263. The molecule has 2 aromatic carbocycles. The van der Waals surface area contributed by atoms with E-state index in [1.807, 2.05) is 0 Å². The molecule has 0 spiro atoms. The van der Waals surface area contributed by atoms with Crippen LogP contribution in [0.15, 0.2) is 47.4 Å². The van der Waals surface area contributed by atoms with Crippen LogP contribution in [0.25, 0.3) is 0 Å². The molecule has 0 aliphatic rings. The fourth-order valence-corrected chi connectivity index (χ4v) is 4.23.